The highest BCUT2D eigenvalue weighted by atomic mass is 16.5. The summed E-state index contributed by atoms with van der Waals surface area (Å²) in [5.74, 6) is 1.11. The Kier molecular flexibility index (Phi) is 4.24. The van der Waals surface area contributed by atoms with E-state index in [4.69, 9.17) is 14.9 Å². The zero-order valence-electron chi connectivity index (χ0n) is 13.5. The molecule has 0 atom stereocenters. The highest BCUT2D eigenvalue weighted by Crippen LogP contribution is 2.28. The molecule has 122 valence electrons. The lowest BCUT2D eigenvalue weighted by Gasteiger charge is -2.08. The zero-order valence-corrected chi connectivity index (χ0v) is 13.5. The van der Waals surface area contributed by atoms with Gasteiger partial charge in [-0.1, -0.05) is 12.1 Å². The quantitative estimate of drug-likeness (QED) is 0.709. The number of benzene rings is 2. The minimum Gasteiger partial charge on any atom is -0.495 e. The lowest BCUT2D eigenvalue weighted by molar-refractivity contribution is 0.0997. The molecule has 3 N–H and O–H groups in total. The fraction of sp³-hybridized carbons (Fsp3) is 0.105. The van der Waals surface area contributed by atoms with Crippen LogP contribution in [0.2, 0.25) is 0 Å². The van der Waals surface area contributed by atoms with Crippen molar-refractivity contribution in [1.29, 1.82) is 0 Å². The van der Waals surface area contributed by atoms with Crippen molar-refractivity contribution in [3.63, 3.8) is 0 Å². The third-order valence-corrected chi connectivity index (χ3v) is 3.70. The smallest absolute Gasteiger partial charge is 0.291 e. The van der Waals surface area contributed by atoms with Crippen molar-refractivity contribution in [2.75, 3.05) is 18.2 Å². The highest BCUT2D eigenvalue weighted by Gasteiger charge is 2.15. The molecule has 0 aliphatic rings. The van der Waals surface area contributed by atoms with Crippen molar-refractivity contribution in [1.82, 2.24) is 0 Å². The van der Waals surface area contributed by atoms with Gasteiger partial charge in [0.2, 0.25) is 0 Å². The number of carbonyl (C=O) groups is 1. The molecule has 0 bridgehead atoms. The Hall–Kier alpha value is -3.21. The molecule has 0 radical (unpaired) electrons. The molecule has 0 aliphatic heterocycles. The van der Waals surface area contributed by atoms with E-state index in [1.807, 2.05) is 31.2 Å². The monoisotopic (exact) mass is 322 g/mol. The van der Waals surface area contributed by atoms with E-state index in [9.17, 15) is 4.79 Å². The first-order chi connectivity index (χ1) is 11.6. The zero-order chi connectivity index (χ0) is 17.1. The van der Waals surface area contributed by atoms with Gasteiger partial charge in [0.15, 0.2) is 5.76 Å². The Bertz CT molecular complexity index is 884. The fourth-order valence-electron chi connectivity index (χ4n) is 2.50. The summed E-state index contributed by atoms with van der Waals surface area (Å²) in [5.41, 5.74) is 8.94. The number of methoxy groups -OCH3 is 1. The SMILES string of the molecule is COc1ccccc1NC(=O)c1ccc(-c2ccc(N)cc2C)o1. The first-order valence-corrected chi connectivity index (χ1v) is 7.49. The first kappa shape index (κ1) is 15.7. The maximum atomic E-state index is 12.4. The Morgan fingerprint density at radius 3 is 2.67 bits per heavy atom. The molecule has 0 fully saturated rings. The Morgan fingerprint density at radius 1 is 1.12 bits per heavy atom. The van der Waals surface area contributed by atoms with E-state index in [0.29, 0.717) is 22.9 Å². The van der Waals surface area contributed by atoms with E-state index in [1.165, 1.54) is 0 Å². The predicted octanol–water partition coefficient (Wildman–Crippen LogP) is 4.10. The lowest BCUT2D eigenvalue weighted by Crippen LogP contribution is -2.11. The van der Waals surface area contributed by atoms with E-state index < -0.39 is 0 Å². The minimum absolute atomic E-state index is 0.229. The molecule has 1 aromatic heterocycles. The number of aryl methyl sites for hydroxylation is 1. The maximum absolute atomic E-state index is 12.4. The Labute approximate surface area is 140 Å². The highest BCUT2D eigenvalue weighted by molar-refractivity contribution is 6.03. The van der Waals surface area contributed by atoms with Crippen molar-refractivity contribution < 1.29 is 13.9 Å². The number of anilines is 2. The number of hydrogen-bond acceptors (Lipinski definition) is 4. The molecule has 3 rings (SSSR count). The number of nitrogens with one attached hydrogen (secondary N) is 1. The molecule has 5 nitrogen and oxygen atoms in total. The maximum Gasteiger partial charge on any atom is 0.291 e. The third-order valence-electron chi connectivity index (χ3n) is 3.70. The summed E-state index contributed by atoms with van der Waals surface area (Å²) in [6.45, 7) is 1.95. The molecule has 0 saturated carbocycles. The second-order valence-corrected chi connectivity index (χ2v) is 5.39. The van der Waals surface area contributed by atoms with E-state index >= 15 is 0 Å². The summed E-state index contributed by atoms with van der Waals surface area (Å²) in [6, 6.07) is 16.2. The van der Waals surface area contributed by atoms with Gasteiger partial charge in [-0.2, -0.15) is 0 Å². The molecule has 0 aliphatic carbocycles. The van der Waals surface area contributed by atoms with Crippen LogP contribution >= 0.6 is 0 Å². The molecule has 5 heteroatoms. The number of ether oxygens (including phenoxy) is 1. The number of carbonyl (C=O) groups excluding carboxylic acids is 1. The van der Waals surface area contributed by atoms with E-state index in [2.05, 4.69) is 5.32 Å². The van der Waals surface area contributed by atoms with Crippen LogP contribution in [0.15, 0.2) is 59.0 Å². The normalized spacial score (nSPS) is 10.4. The number of rotatable bonds is 4. The summed E-state index contributed by atoms with van der Waals surface area (Å²) in [4.78, 5) is 12.4. The van der Waals surface area contributed by atoms with E-state index in [1.54, 1.807) is 37.4 Å². The number of nitrogen functional groups attached to an aromatic ring is 1. The summed E-state index contributed by atoms with van der Waals surface area (Å²) >= 11 is 0. The van der Waals surface area contributed by atoms with Crippen LogP contribution in [0.25, 0.3) is 11.3 Å². The molecular weight excluding hydrogens is 304 g/mol. The van der Waals surface area contributed by atoms with Crippen molar-refractivity contribution in [2.24, 2.45) is 0 Å². The lowest BCUT2D eigenvalue weighted by atomic mass is 10.1. The summed E-state index contributed by atoms with van der Waals surface area (Å²) < 4.78 is 10.9. The molecule has 3 aromatic rings. The summed E-state index contributed by atoms with van der Waals surface area (Å²) in [7, 11) is 1.56. The van der Waals surface area contributed by atoms with Crippen LogP contribution in [-0.2, 0) is 0 Å². The average molecular weight is 322 g/mol. The van der Waals surface area contributed by atoms with Gasteiger partial charge in [0, 0.05) is 11.3 Å². The topological polar surface area (TPSA) is 77.5 Å². The van der Waals surface area contributed by atoms with Gasteiger partial charge < -0.3 is 20.2 Å². The molecule has 24 heavy (non-hydrogen) atoms. The second kappa shape index (κ2) is 6.50. The molecule has 0 unspecified atom stereocenters. The Balaban J connectivity index is 1.83. The van der Waals surface area contributed by atoms with Crippen LogP contribution in [0.3, 0.4) is 0 Å². The van der Waals surface area contributed by atoms with Gasteiger partial charge in [-0.25, -0.2) is 0 Å². The van der Waals surface area contributed by atoms with Crippen molar-refractivity contribution in [3.8, 4) is 17.1 Å². The average Bonchev–Trinajstić information content (AvgIpc) is 3.05. The number of hydrogen-bond donors (Lipinski definition) is 2. The molecule has 0 spiro atoms. The summed E-state index contributed by atoms with van der Waals surface area (Å²) in [6.07, 6.45) is 0. The van der Waals surface area contributed by atoms with E-state index in [-0.39, 0.29) is 11.7 Å². The molecule has 1 heterocycles. The van der Waals surface area contributed by atoms with Gasteiger partial charge in [0.05, 0.1) is 12.8 Å². The van der Waals surface area contributed by atoms with Gasteiger partial charge in [-0.05, 0) is 55.0 Å². The Morgan fingerprint density at radius 2 is 1.92 bits per heavy atom. The molecule has 0 saturated heterocycles. The van der Waals surface area contributed by atoms with Crippen LogP contribution in [0.5, 0.6) is 5.75 Å². The van der Waals surface area contributed by atoms with Crippen molar-refractivity contribution >= 4 is 17.3 Å². The predicted molar refractivity (Wildman–Crippen MR) is 94.2 cm³/mol. The summed E-state index contributed by atoms with van der Waals surface area (Å²) in [5, 5.41) is 2.79. The van der Waals surface area contributed by atoms with Crippen LogP contribution in [0.4, 0.5) is 11.4 Å². The van der Waals surface area contributed by atoms with E-state index in [0.717, 1.165) is 11.1 Å². The number of amides is 1. The van der Waals surface area contributed by atoms with Gasteiger partial charge >= 0.3 is 0 Å². The van der Waals surface area contributed by atoms with Gasteiger partial charge in [-0.3, -0.25) is 4.79 Å². The van der Waals surface area contributed by atoms with Crippen molar-refractivity contribution in [3.05, 3.63) is 65.9 Å². The van der Waals surface area contributed by atoms with Gasteiger partial charge in [0.1, 0.15) is 11.5 Å². The minimum atomic E-state index is -0.334. The number of para-hydroxylation sites is 2. The van der Waals surface area contributed by atoms with Crippen LogP contribution in [0.1, 0.15) is 16.1 Å². The second-order valence-electron chi connectivity index (χ2n) is 5.39. The largest absolute Gasteiger partial charge is 0.495 e. The standard InChI is InChI=1S/C19H18N2O3/c1-12-11-13(20)7-8-14(12)16-9-10-18(24-16)19(22)21-15-5-3-4-6-17(15)23-2/h3-11H,20H2,1-2H3,(H,21,22). The first-order valence-electron chi connectivity index (χ1n) is 7.49. The number of nitrogens with two attached hydrogens (primary N) is 1. The fourth-order valence-corrected chi connectivity index (χ4v) is 2.50. The van der Waals surface area contributed by atoms with Crippen LogP contribution in [0, 0.1) is 6.92 Å². The molecule has 2 aromatic carbocycles. The third kappa shape index (κ3) is 3.10. The van der Waals surface area contributed by atoms with Gasteiger partial charge in [0.25, 0.3) is 5.91 Å². The molecule has 1 amide bonds. The van der Waals surface area contributed by atoms with Crippen LogP contribution in [-0.4, -0.2) is 13.0 Å². The van der Waals surface area contributed by atoms with Gasteiger partial charge in [-0.15, -0.1) is 0 Å². The molecular formula is C19H18N2O3. The van der Waals surface area contributed by atoms with Crippen molar-refractivity contribution in [2.45, 2.75) is 6.92 Å². The van der Waals surface area contributed by atoms with Crippen LogP contribution < -0.4 is 15.8 Å². The number of furan rings is 1.